The summed E-state index contributed by atoms with van der Waals surface area (Å²) in [6.07, 6.45) is 0. The van der Waals surface area contributed by atoms with Crippen molar-refractivity contribution >= 4 is 11.1 Å². The summed E-state index contributed by atoms with van der Waals surface area (Å²) < 4.78 is 10.9. The average Bonchev–Trinajstić information content (AvgIpc) is 2.90. The highest BCUT2D eigenvalue weighted by Crippen LogP contribution is 2.34. The lowest BCUT2D eigenvalue weighted by atomic mass is 10.0. The van der Waals surface area contributed by atoms with Crippen LogP contribution < -0.4 is 4.74 Å². The van der Waals surface area contributed by atoms with Gasteiger partial charge >= 0.3 is 0 Å². The van der Waals surface area contributed by atoms with E-state index in [0.29, 0.717) is 28.7 Å². The molecule has 3 rings (SSSR count). The first-order valence-electron chi connectivity index (χ1n) is 6.86. The number of methoxy groups -OCH3 is 1. The highest BCUT2D eigenvalue weighted by atomic mass is 16.5. The maximum atomic E-state index is 10.00. The molecule has 3 aromatic rings. The number of aromatic hydroxyl groups is 1. The minimum absolute atomic E-state index is 0.117. The first-order chi connectivity index (χ1) is 10.1. The molecule has 1 aromatic heterocycles. The smallest absolute Gasteiger partial charge is 0.231 e. The Balaban J connectivity index is 2.13. The summed E-state index contributed by atoms with van der Waals surface area (Å²) in [5.41, 5.74) is 3.23. The average molecular weight is 283 g/mol. The van der Waals surface area contributed by atoms with Crippen LogP contribution in [0.5, 0.6) is 11.5 Å². The molecule has 0 radical (unpaired) electrons. The summed E-state index contributed by atoms with van der Waals surface area (Å²) >= 11 is 0. The van der Waals surface area contributed by atoms with Crippen LogP contribution in [0.25, 0.3) is 22.6 Å². The fourth-order valence-electron chi connectivity index (χ4n) is 2.23. The van der Waals surface area contributed by atoms with Gasteiger partial charge in [-0.15, -0.1) is 0 Å². The topological polar surface area (TPSA) is 55.5 Å². The van der Waals surface area contributed by atoms with E-state index in [2.05, 4.69) is 18.8 Å². The second kappa shape index (κ2) is 5.13. The molecule has 0 saturated carbocycles. The maximum Gasteiger partial charge on any atom is 0.231 e. The third-order valence-corrected chi connectivity index (χ3v) is 3.51. The molecule has 4 heteroatoms. The van der Waals surface area contributed by atoms with Gasteiger partial charge in [0.2, 0.25) is 5.89 Å². The Bertz CT molecular complexity index is 790. The Morgan fingerprint density at radius 1 is 1.14 bits per heavy atom. The van der Waals surface area contributed by atoms with E-state index in [1.54, 1.807) is 25.3 Å². The lowest BCUT2D eigenvalue weighted by Crippen LogP contribution is -1.86. The van der Waals surface area contributed by atoms with Crippen LogP contribution in [-0.2, 0) is 0 Å². The van der Waals surface area contributed by atoms with Crippen molar-refractivity contribution in [1.29, 1.82) is 0 Å². The van der Waals surface area contributed by atoms with Crippen molar-refractivity contribution in [3.63, 3.8) is 0 Å². The summed E-state index contributed by atoms with van der Waals surface area (Å²) in [5, 5.41) is 10.00. The van der Waals surface area contributed by atoms with Gasteiger partial charge in [0.05, 0.1) is 12.7 Å². The summed E-state index contributed by atoms with van der Waals surface area (Å²) in [4.78, 5) is 4.48. The summed E-state index contributed by atoms with van der Waals surface area (Å²) in [5.74, 6) is 1.58. The van der Waals surface area contributed by atoms with Gasteiger partial charge in [-0.3, -0.25) is 0 Å². The fraction of sp³-hybridized carbons (Fsp3) is 0.235. The Kier molecular flexibility index (Phi) is 3.29. The van der Waals surface area contributed by atoms with Gasteiger partial charge in [-0.1, -0.05) is 19.9 Å². The van der Waals surface area contributed by atoms with Crippen molar-refractivity contribution < 1.29 is 14.3 Å². The van der Waals surface area contributed by atoms with E-state index in [9.17, 15) is 5.11 Å². The molecule has 0 unspecified atom stereocenters. The number of fused-ring (bicyclic) bond motifs is 1. The van der Waals surface area contributed by atoms with E-state index >= 15 is 0 Å². The summed E-state index contributed by atoms with van der Waals surface area (Å²) in [7, 11) is 1.58. The van der Waals surface area contributed by atoms with Gasteiger partial charge < -0.3 is 14.3 Å². The second-order valence-electron chi connectivity index (χ2n) is 5.28. The molecule has 4 nitrogen and oxygen atoms in total. The van der Waals surface area contributed by atoms with Crippen molar-refractivity contribution in [2.45, 2.75) is 19.8 Å². The van der Waals surface area contributed by atoms with Crippen LogP contribution in [0, 0.1) is 0 Å². The Morgan fingerprint density at radius 3 is 2.67 bits per heavy atom. The third-order valence-electron chi connectivity index (χ3n) is 3.51. The molecule has 2 aromatic carbocycles. The van der Waals surface area contributed by atoms with Gasteiger partial charge in [-0.05, 0) is 41.8 Å². The van der Waals surface area contributed by atoms with E-state index in [4.69, 9.17) is 9.15 Å². The molecule has 0 saturated heterocycles. The van der Waals surface area contributed by atoms with Crippen LogP contribution in [0.2, 0.25) is 0 Å². The number of hydrogen-bond donors (Lipinski definition) is 1. The zero-order valence-electron chi connectivity index (χ0n) is 12.3. The van der Waals surface area contributed by atoms with Crippen molar-refractivity contribution in [2.75, 3.05) is 7.11 Å². The number of hydrogen-bond acceptors (Lipinski definition) is 4. The van der Waals surface area contributed by atoms with E-state index in [1.807, 2.05) is 18.2 Å². The van der Waals surface area contributed by atoms with Crippen LogP contribution in [0.4, 0.5) is 0 Å². The highest BCUT2D eigenvalue weighted by Gasteiger charge is 2.14. The van der Waals surface area contributed by atoms with Crippen LogP contribution in [0.3, 0.4) is 0 Å². The van der Waals surface area contributed by atoms with Crippen LogP contribution in [0.1, 0.15) is 25.3 Å². The number of aromatic nitrogens is 1. The number of ether oxygens (including phenoxy) is 1. The number of oxazole rings is 1. The lowest BCUT2D eigenvalue weighted by molar-refractivity contribution is 0.412. The first kappa shape index (κ1) is 13.5. The standard InChI is InChI=1S/C17H17NO3/c1-10(2)11-4-7-16-14(8-11)18-17(21-16)13-9-12(20-3)5-6-15(13)19/h4-10,19H,1-3H3. The van der Waals surface area contributed by atoms with Gasteiger partial charge in [0, 0.05) is 0 Å². The maximum absolute atomic E-state index is 10.00. The molecule has 0 aliphatic carbocycles. The normalized spacial score (nSPS) is 11.2. The van der Waals surface area contributed by atoms with Crippen LogP contribution >= 0.6 is 0 Å². The molecule has 21 heavy (non-hydrogen) atoms. The van der Waals surface area contributed by atoms with Gasteiger partial charge in [0.15, 0.2) is 5.58 Å². The molecule has 0 fully saturated rings. The monoisotopic (exact) mass is 283 g/mol. The largest absolute Gasteiger partial charge is 0.507 e. The molecule has 1 N–H and O–H groups in total. The molecule has 0 spiro atoms. The van der Waals surface area contributed by atoms with Crippen molar-refractivity contribution in [1.82, 2.24) is 4.98 Å². The van der Waals surface area contributed by atoms with Crippen molar-refractivity contribution in [3.05, 3.63) is 42.0 Å². The molecular formula is C17H17NO3. The zero-order chi connectivity index (χ0) is 15.0. The Labute approximate surface area is 123 Å². The number of phenols is 1. The molecule has 0 atom stereocenters. The van der Waals surface area contributed by atoms with Gasteiger partial charge in [-0.25, -0.2) is 4.98 Å². The van der Waals surface area contributed by atoms with Crippen LogP contribution in [0.15, 0.2) is 40.8 Å². The van der Waals surface area contributed by atoms with E-state index in [1.165, 1.54) is 5.56 Å². The molecule has 1 heterocycles. The summed E-state index contributed by atoms with van der Waals surface area (Å²) in [6.45, 7) is 4.27. The summed E-state index contributed by atoms with van der Waals surface area (Å²) in [6, 6.07) is 10.9. The van der Waals surface area contributed by atoms with E-state index in [0.717, 1.165) is 5.52 Å². The minimum Gasteiger partial charge on any atom is -0.507 e. The lowest BCUT2D eigenvalue weighted by Gasteiger charge is -2.03. The number of benzene rings is 2. The number of phenolic OH excluding ortho intramolecular Hbond substituents is 1. The molecule has 0 aliphatic rings. The highest BCUT2D eigenvalue weighted by molar-refractivity contribution is 5.78. The molecule has 0 amide bonds. The van der Waals surface area contributed by atoms with Gasteiger partial charge in [0.25, 0.3) is 0 Å². The molecule has 0 aliphatic heterocycles. The number of rotatable bonds is 3. The second-order valence-corrected chi connectivity index (χ2v) is 5.28. The minimum atomic E-state index is 0.117. The van der Waals surface area contributed by atoms with Crippen molar-refractivity contribution in [3.8, 4) is 23.0 Å². The quantitative estimate of drug-likeness (QED) is 0.777. The van der Waals surface area contributed by atoms with E-state index < -0.39 is 0 Å². The third kappa shape index (κ3) is 2.44. The van der Waals surface area contributed by atoms with Crippen LogP contribution in [-0.4, -0.2) is 17.2 Å². The Morgan fingerprint density at radius 2 is 1.95 bits per heavy atom. The predicted octanol–water partition coefficient (Wildman–Crippen LogP) is 4.33. The fourth-order valence-corrected chi connectivity index (χ4v) is 2.23. The Hall–Kier alpha value is -2.49. The van der Waals surface area contributed by atoms with E-state index in [-0.39, 0.29) is 5.75 Å². The van der Waals surface area contributed by atoms with Gasteiger partial charge in [0.1, 0.15) is 17.0 Å². The molecular weight excluding hydrogens is 266 g/mol. The van der Waals surface area contributed by atoms with Crippen molar-refractivity contribution in [2.24, 2.45) is 0 Å². The SMILES string of the molecule is COc1ccc(O)c(-c2nc3cc(C(C)C)ccc3o2)c1. The van der Waals surface area contributed by atoms with Gasteiger partial charge in [-0.2, -0.15) is 0 Å². The number of nitrogens with zero attached hydrogens (tertiary/aromatic N) is 1. The first-order valence-corrected chi connectivity index (χ1v) is 6.86. The molecule has 0 bridgehead atoms. The zero-order valence-corrected chi connectivity index (χ0v) is 12.3. The predicted molar refractivity (Wildman–Crippen MR) is 81.8 cm³/mol. The molecule has 108 valence electrons.